The van der Waals surface area contributed by atoms with E-state index in [2.05, 4.69) is 10.3 Å². The van der Waals surface area contributed by atoms with Crippen LogP contribution in [0.15, 0.2) is 29.3 Å². The Morgan fingerprint density at radius 2 is 2.09 bits per heavy atom. The van der Waals surface area contributed by atoms with E-state index in [1.807, 2.05) is 18.0 Å². The van der Waals surface area contributed by atoms with Gasteiger partial charge in [-0.25, -0.2) is 4.39 Å². The quantitative estimate of drug-likeness (QED) is 0.302. The van der Waals surface area contributed by atoms with Crippen molar-refractivity contribution in [2.45, 2.75) is 25.8 Å². The number of ether oxygens (including phenoxy) is 1. The van der Waals surface area contributed by atoms with E-state index in [9.17, 15) is 4.39 Å². The fourth-order valence-corrected chi connectivity index (χ4v) is 2.12. The number of hydrogen-bond acceptors (Lipinski definition) is 2. The largest absolute Gasteiger partial charge is 0.385 e. The van der Waals surface area contributed by atoms with Crippen LogP contribution >= 0.6 is 24.0 Å². The fraction of sp³-hybridized carbons (Fsp3) is 0.562. The summed E-state index contributed by atoms with van der Waals surface area (Å²) < 4.78 is 18.2. The highest BCUT2D eigenvalue weighted by Crippen LogP contribution is 2.06. The summed E-state index contributed by atoms with van der Waals surface area (Å²) in [7, 11) is 5.43. The summed E-state index contributed by atoms with van der Waals surface area (Å²) in [6.45, 7) is 2.32. The third kappa shape index (κ3) is 8.53. The molecule has 1 rings (SSSR count). The number of nitrogens with zero attached hydrogens (tertiary/aromatic N) is 2. The lowest BCUT2D eigenvalue weighted by Gasteiger charge is -2.22. The number of unbranched alkanes of at least 4 members (excludes halogenated alkanes) is 2. The number of halogens is 2. The van der Waals surface area contributed by atoms with Gasteiger partial charge in [-0.15, -0.1) is 24.0 Å². The Morgan fingerprint density at radius 1 is 1.32 bits per heavy atom. The van der Waals surface area contributed by atoms with E-state index in [1.165, 1.54) is 6.07 Å². The molecule has 0 heterocycles. The van der Waals surface area contributed by atoms with Gasteiger partial charge < -0.3 is 15.0 Å². The first-order valence-electron chi connectivity index (χ1n) is 7.32. The molecule has 0 radical (unpaired) electrons. The molecule has 126 valence electrons. The average molecular weight is 423 g/mol. The molecule has 6 heteroatoms. The van der Waals surface area contributed by atoms with Crippen molar-refractivity contribution < 1.29 is 9.13 Å². The molecule has 0 aliphatic carbocycles. The molecule has 1 aromatic rings. The monoisotopic (exact) mass is 423 g/mol. The maximum Gasteiger partial charge on any atom is 0.193 e. The van der Waals surface area contributed by atoms with E-state index in [0.717, 1.165) is 43.9 Å². The number of rotatable bonds is 8. The summed E-state index contributed by atoms with van der Waals surface area (Å²) >= 11 is 0. The zero-order chi connectivity index (χ0) is 15.5. The van der Waals surface area contributed by atoms with Crippen molar-refractivity contribution >= 4 is 29.9 Å². The predicted molar refractivity (Wildman–Crippen MR) is 100 cm³/mol. The molecule has 0 spiro atoms. The molecule has 4 nitrogen and oxygen atoms in total. The highest BCUT2D eigenvalue weighted by molar-refractivity contribution is 14.0. The molecule has 0 aromatic heterocycles. The second-order valence-corrected chi connectivity index (χ2v) is 5.01. The molecular weight excluding hydrogens is 396 g/mol. The fourth-order valence-electron chi connectivity index (χ4n) is 2.12. The summed E-state index contributed by atoms with van der Waals surface area (Å²) in [4.78, 5) is 6.24. The number of nitrogens with one attached hydrogen (secondary N) is 1. The molecule has 0 saturated carbocycles. The van der Waals surface area contributed by atoms with Gasteiger partial charge in [-0.3, -0.25) is 4.99 Å². The third-order valence-electron chi connectivity index (χ3n) is 3.19. The normalized spacial score (nSPS) is 11.0. The van der Waals surface area contributed by atoms with E-state index < -0.39 is 0 Å². The van der Waals surface area contributed by atoms with Gasteiger partial charge in [-0.1, -0.05) is 12.1 Å². The number of aliphatic imine (C=N–C) groups is 1. The van der Waals surface area contributed by atoms with Crippen LogP contribution in [0.3, 0.4) is 0 Å². The zero-order valence-corrected chi connectivity index (χ0v) is 16.0. The smallest absolute Gasteiger partial charge is 0.193 e. The first-order valence-corrected chi connectivity index (χ1v) is 7.32. The van der Waals surface area contributed by atoms with Crippen LogP contribution in [0.5, 0.6) is 0 Å². The van der Waals surface area contributed by atoms with Crippen LogP contribution in [0, 0.1) is 5.82 Å². The van der Waals surface area contributed by atoms with Crippen molar-refractivity contribution in [3.63, 3.8) is 0 Å². The lowest BCUT2D eigenvalue weighted by atomic mass is 10.2. The molecule has 0 unspecified atom stereocenters. The summed E-state index contributed by atoms with van der Waals surface area (Å²) in [5, 5.41) is 3.32. The standard InChI is InChI=1S/C16H26FN3O.HI/c1-18-16(19-10-5-4-6-11-21-3)20(2)13-14-8-7-9-15(17)12-14;/h7-9,12H,4-6,10-11,13H2,1-3H3,(H,18,19);1H. The Kier molecular flexibility index (Phi) is 12.1. The Hall–Kier alpha value is -0.890. The van der Waals surface area contributed by atoms with E-state index >= 15 is 0 Å². The highest BCUT2D eigenvalue weighted by atomic mass is 127. The predicted octanol–water partition coefficient (Wildman–Crippen LogP) is 3.27. The molecule has 0 aliphatic heterocycles. The van der Waals surface area contributed by atoms with Crippen LogP contribution < -0.4 is 5.32 Å². The summed E-state index contributed by atoms with van der Waals surface area (Å²) in [5.41, 5.74) is 0.931. The van der Waals surface area contributed by atoms with Gasteiger partial charge in [-0.2, -0.15) is 0 Å². The van der Waals surface area contributed by atoms with Gasteiger partial charge in [-0.05, 0) is 37.0 Å². The van der Waals surface area contributed by atoms with Gasteiger partial charge in [0.05, 0.1) is 0 Å². The molecule has 1 aromatic carbocycles. The molecule has 0 aliphatic rings. The molecule has 0 atom stereocenters. The summed E-state index contributed by atoms with van der Waals surface area (Å²) in [6.07, 6.45) is 3.29. The summed E-state index contributed by atoms with van der Waals surface area (Å²) in [5.74, 6) is 0.619. The van der Waals surface area contributed by atoms with Crippen LogP contribution in [0.4, 0.5) is 4.39 Å². The number of guanidine groups is 1. The minimum atomic E-state index is -0.206. The van der Waals surface area contributed by atoms with Gasteiger partial charge in [0.25, 0.3) is 0 Å². The van der Waals surface area contributed by atoms with Crippen LogP contribution in [0.1, 0.15) is 24.8 Å². The first-order chi connectivity index (χ1) is 10.2. The topological polar surface area (TPSA) is 36.9 Å². The average Bonchev–Trinajstić information content (AvgIpc) is 2.46. The lowest BCUT2D eigenvalue weighted by molar-refractivity contribution is 0.192. The van der Waals surface area contributed by atoms with E-state index in [0.29, 0.717) is 6.54 Å². The summed E-state index contributed by atoms with van der Waals surface area (Å²) in [6, 6.07) is 6.65. The highest BCUT2D eigenvalue weighted by Gasteiger charge is 2.06. The Bertz CT molecular complexity index is 443. The van der Waals surface area contributed by atoms with Gasteiger partial charge in [0, 0.05) is 40.9 Å². The van der Waals surface area contributed by atoms with Crippen LogP contribution in [0.25, 0.3) is 0 Å². The molecular formula is C16H27FIN3O. The molecule has 0 bridgehead atoms. The molecule has 22 heavy (non-hydrogen) atoms. The van der Waals surface area contributed by atoms with Gasteiger partial charge in [0.15, 0.2) is 5.96 Å². The van der Waals surface area contributed by atoms with Crippen molar-refractivity contribution in [3.8, 4) is 0 Å². The van der Waals surface area contributed by atoms with E-state index in [-0.39, 0.29) is 29.8 Å². The zero-order valence-electron chi connectivity index (χ0n) is 13.6. The number of methoxy groups -OCH3 is 1. The lowest BCUT2D eigenvalue weighted by Crippen LogP contribution is -2.38. The minimum absolute atomic E-state index is 0. The number of hydrogen-bond donors (Lipinski definition) is 1. The first kappa shape index (κ1) is 21.1. The van der Waals surface area contributed by atoms with Crippen molar-refractivity contribution in [2.75, 3.05) is 34.4 Å². The van der Waals surface area contributed by atoms with Gasteiger partial charge >= 0.3 is 0 Å². The van der Waals surface area contributed by atoms with Crippen LogP contribution in [-0.4, -0.2) is 45.2 Å². The van der Waals surface area contributed by atoms with Gasteiger partial charge in [0.1, 0.15) is 5.82 Å². The van der Waals surface area contributed by atoms with E-state index in [4.69, 9.17) is 4.74 Å². The van der Waals surface area contributed by atoms with Crippen LogP contribution in [0.2, 0.25) is 0 Å². The molecule has 0 saturated heterocycles. The van der Waals surface area contributed by atoms with Gasteiger partial charge in [0.2, 0.25) is 0 Å². The molecule has 0 amide bonds. The van der Waals surface area contributed by atoms with Crippen LogP contribution in [-0.2, 0) is 11.3 Å². The van der Waals surface area contributed by atoms with Crippen molar-refractivity contribution in [1.29, 1.82) is 0 Å². The Morgan fingerprint density at radius 3 is 2.73 bits per heavy atom. The second kappa shape index (κ2) is 12.6. The minimum Gasteiger partial charge on any atom is -0.385 e. The van der Waals surface area contributed by atoms with Crippen molar-refractivity contribution in [2.24, 2.45) is 4.99 Å². The SMILES string of the molecule is CN=C(NCCCCCOC)N(C)Cc1cccc(F)c1.I. The second-order valence-electron chi connectivity index (χ2n) is 5.01. The van der Waals surface area contributed by atoms with Crippen molar-refractivity contribution in [3.05, 3.63) is 35.6 Å². The Labute approximate surface area is 150 Å². The maximum atomic E-state index is 13.2. The Balaban J connectivity index is 0.00000441. The maximum absolute atomic E-state index is 13.2. The molecule has 1 N–H and O–H groups in total. The number of benzene rings is 1. The molecule has 0 fully saturated rings. The third-order valence-corrected chi connectivity index (χ3v) is 3.19. The van der Waals surface area contributed by atoms with Crippen molar-refractivity contribution in [1.82, 2.24) is 10.2 Å². The van der Waals surface area contributed by atoms with E-state index in [1.54, 1.807) is 26.3 Å².